The number of carbonyl (C=O) groups excluding carboxylic acids is 1. The molecule has 1 N–H and O–H groups in total. The SMILES string of the molecule is C[C@@H]1CN(c2ccccc2CN[C@H]2CC(=O)N(C)C2)C[C@H](C)O1. The quantitative estimate of drug-likeness (QED) is 0.916. The van der Waals surface area contributed by atoms with Crippen molar-refractivity contribution >= 4 is 11.6 Å². The van der Waals surface area contributed by atoms with Gasteiger partial charge in [0, 0.05) is 51.4 Å². The largest absolute Gasteiger partial charge is 0.372 e. The number of likely N-dealkylation sites (tertiary alicyclic amines) is 1. The summed E-state index contributed by atoms with van der Waals surface area (Å²) in [6, 6.07) is 8.79. The van der Waals surface area contributed by atoms with Gasteiger partial charge in [-0.25, -0.2) is 0 Å². The molecule has 1 aromatic carbocycles. The molecule has 0 aliphatic carbocycles. The first-order chi connectivity index (χ1) is 11.0. The van der Waals surface area contributed by atoms with Crippen LogP contribution >= 0.6 is 0 Å². The Hall–Kier alpha value is -1.59. The third kappa shape index (κ3) is 3.85. The highest BCUT2D eigenvalue weighted by atomic mass is 16.5. The van der Waals surface area contributed by atoms with Crippen molar-refractivity contribution in [3.63, 3.8) is 0 Å². The van der Waals surface area contributed by atoms with E-state index in [4.69, 9.17) is 4.74 Å². The zero-order valence-corrected chi connectivity index (χ0v) is 14.3. The maximum Gasteiger partial charge on any atom is 0.224 e. The number of morpholine rings is 1. The Morgan fingerprint density at radius 3 is 2.52 bits per heavy atom. The van der Waals surface area contributed by atoms with Crippen LogP contribution in [0.2, 0.25) is 0 Å². The zero-order valence-electron chi connectivity index (χ0n) is 14.3. The summed E-state index contributed by atoms with van der Waals surface area (Å²) in [6.07, 6.45) is 1.10. The number of carbonyl (C=O) groups is 1. The molecule has 0 spiro atoms. The molecule has 5 heteroatoms. The molecule has 5 nitrogen and oxygen atoms in total. The lowest BCUT2D eigenvalue weighted by atomic mass is 10.1. The minimum Gasteiger partial charge on any atom is -0.372 e. The molecule has 23 heavy (non-hydrogen) atoms. The molecule has 1 aromatic rings. The van der Waals surface area contributed by atoms with Gasteiger partial charge in [-0.05, 0) is 25.5 Å². The van der Waals surface area contributed by atoms with Gasteiger partial charge in [0.25, 0.3) is 0 Å². The van der Waals surface area contributed by atoms with Crippen LogP contribution in [-0.2, 0) is 16.1 Å². The van der Waals surface area contributed by atoms with E-state index >= 15 is 0 Å². The van der Waals surface area contributed by atoms with Gasteiger partial charge in [0.1, 0.15) is 0 Å². The molecule has 2 fully saturated rings. The maximum atomic E-state index is 11.6. The van der Waals surface area contributed by atoms with Crippen molar-refractivity contribution in [3.8, 4) is 0 Å². The summed E-state index contributed by atoms with van der Waals surface area (Å²) in [5.74, 6) is 0.228. The lowest BCUT2D eigenvalue weighted by Gasteiger charge is -2.38. The smallest absolute Gasteiger partial charge is 0.224 e. The highest BCUT2D eigenvalue weighted by Crippen LogP contribution is 2.24. The molecule has 0 radical (unpaired) electrons. The van der Waals surface area contributed by atoms with Crippen LogP contribution in [-0.4, -0.2) is 55.7 Å². The van der Waals surface area contributed by atoms with E-state index in [0.29, 0.717) is 6.42 Å². The molecule has 0 aromatic heterocycles. The van der Waals surface area contributed by atoms with Crippen molar-refractivity contribution in [1.82, 2.24) is 10.2 Å². The van der Waals surface area contributed by atoms with Crippen LogP contribution in [0.25, 0.3) is 0 Å². The van der Waals surface area contributed by atoms with E-state index in [0.717, 1.165) is 26.2 Å². The number of amides is 1. The van der Waals surface area contributed by atoms with Gasteiger partial charge in [0.15, 0.2) is 0 Å². The second-order valence-corrected chi connectivity index (χ2v) is 6.85. The number of ether oxygens (including phenoxy) is 1. The monoisotopic (exact) mass is 317 g/mol. The molecule has 3 atom stereocenters. The van der Waals surface area contributed by atoms with Crippen molar-refractivity contribution in [2.75, 3.05) is 31.6 Å². The first-order valence-electron chi connectivity index (χ1n) is 8.48. The molecule has 2 aliphatic heterocycles. The van der Waals surface area contributed by atoms with Crippen molar-refractivity contribution in [2.24, 2.45) is 0 Å². The van der Waals surface area contributed by atoms with E-state index in [1.807, 2.05) is 7.05 Å². The van der Waals surface area contributed by atoms with Gasteiger partial charge in [-0.2, -0.15) is 0 Å². The Morgan fingerprint density at radius 1 is 1.17 bits per heavy atom. The van der Waals surface area contributed by atoms with E-state index in [1.54, 1.807) is 4.90 Å². The van der Waals surface area contributed by atoms with Gasteiger partial charge in [-0.3, -0.25) is 4.79 Å². The van der Waals surface area contributed by atoms with Crippen LogP contribution in [0.1, 0.15) is 25.8 Å². The second kappa shape index (κ2) is 6.89. The molecule has 126 valence electrons. The standard InChI is InChI=1S/C18H27N3O2/c1-13-10-21(11-14(2)23-13)17-7-5-4-6-15(17)9-19-16-8-18(22)20(3)12-16/h4-7,13-14,16,19H,8-12H2,1-3H3/t13-,14+,16-/m0/s1. The highest BCUT2D eigenvalue weighted by molar-refractivity contribution is 5.78. The van der Waals surface area contributed by atoms with Crippen LogP contribution in [0.5, 0.6) is 0 Å². The topological polar surface area (TPSA) is 44.8 Å². The maximum absolute atomic E-state index is 11.6. The minimum atomic E-state index is 0.228. The van der Waals surface area contributed by atoms with Gasteiger partial charge < -0.3 is 19.9 Å². The van der Waals surface area contributed by atoms with E-state index < -0.39 is 0 Å². The summed E-state index contributed by atoms with van der Waals surface area (Å²) in [5, 5.41) is 3.54. The van der Waals surface area contributed by atoms with Gasteiger partial charge in [0.2, 0.25) is 5.91 Å². The number of nitrogens with zero attached hydrogens (tertiary/aromatic N) is 2. The fourth-order valence-corrected chi connectivity index (χ4v) is 3.60. The number of anilines is 1. The summed E-state index contributed by atoms with van der Waals surface area (Å²) < 4.78 is 5.84. The predicted octanol–water partition coefficient (Wildman–Crippen LogP) is 1.62. The normalized spacial score (nSPS) is 28.5. The molecule has 0 saturated carbocycles. The molecule has 0 unspecified atom stereocenters. The van der Waals surface area contributed by atoms with Crippen LogP contribution in [0.15, 0.2) is 24.3 Å². The first kappa shape index (κ1) is 16.3. The average Bonchev–Trinajstić information content (AvgIpc) is 2.83. The van der Waals surface area contributed by atoms with E-state index in [1.165, 1.54) is 11.3 Å². The third-order valence-corrected chi connectivity index (χ3v) is 4.67. The molecular weight excluding hydrogens is 290 g/mol. The number of benzene rings is 1. The Labute approximate surface area is 138 Å². The van der Waals surface area contributed by atoms with Crippen molar-refractivity contribution in [1.29, 1.82) is 0 Å². The third-order valence-electron chi connectivity index (χ3n) is 4.67. The van der Waals surface area contributed by atoms with E-state index in [9.17, 15) is 4.79 Å². The van der Waals surface area contributed by atoms with Gasteiger partial charge >= 0.3 is 0 Å². The number of para-hydroxylation sites is 1. The summed E-state index contributed by atoms with van der Waals surface area (Å²) in [6.45, 7) is 7.69. The van der Waals surface area contributed by atoms with E-state index in [-0.39, 0.29) is 24.2 Å². The Morgan fingerprint density at radius 2 is 1.87 bits per heavy atom. The average molecular weight is 317 g/mol. The van der Waals surface area contributed by atoms with Gasteiger partial charge in [-0.1, -0.05) is 18.2 Å². The predicted molar refractivity (Wildman–Crippen MR) is 91.5 cm³/mol. The van der Waals surface area contributed by atoms with Crippen molar-refractivity contribution < 1.29 is 9.53 Å². The number of nitrogens with one attached hydrogen (secondary N) is 1. The summed E-state index contributed by atoms with van der Waals surface area (Å²) in [7, 11) is 1.87. The molecule has 0 bridgehead atoms. The second-order valence-electron chi connectivity index (χ2n) is 6.85. The van der Waals surface area contributed by atoms with Crippen molar-refractivity contribution in [2.45, 2.75) is 45.1 Å². The summed E-state index contributed by atoms with van der Waals surface area (Å²) in [4.78, 5) is 15.9. The van der Waals surface area contributed by atoms with E-state index in [2.05, 4.69) is 48.3 Å². The fourth-order valence-electron chi connectivity index (χ4n) is 3.60. The van der Waals surface area contributed by atoms with Gasteiger partial charge in [0.05, 0.1) is 12.2 Å². The lowest BCUT2D eigenvalue weighted by molar-refractivity contribution is -0.126. The van der Waals surface area contributed by atoms with Crippen LogP contribution < -0.4 is 10.2 Å². The van der Waals surface area contributed by atoms with Crippen molar-refractivity contribution in [3.05, 3.63) is 29.8 Å². The number of likely N-dealkylation sites (N-methyl/N-ethyl adjacent to an activating group) is 1. The lowest BCUT2D eigenvalue weighted by Crippen LogP contribution is -2.46. The molecule has 2 aliphatic rings. The molecule has 2 heterocycles. The minimum absolute atomic E-state index is 0.228. The number of hydrogen-bond donors (Lipinski definition) is 1. The zero-order chi connectivity index (χ0) is 16.4. The summed E-state index contributed by atoms with van der Waals surface area (Å²) in [5.41, 5.74) is 2.57. The highest BCUT2D eigenvalue weighted by Gasteiger charge is 2.27. The van der Waals surface area contributed by atoms with Crippen LogP contribution in [0.3, 0.4) is 0 Å². The van der Waals surface area contributed by atoms with Crippen LogP contribution in [0.4, 0.5) is 5.69 Å². The molecule has 1 amide bonds. The number of hydrogen-bond acceptors (Lipinski definition) is 4. The molecular formula is C18H27N3O2. The molecule has 3 rings (SSSR count). The Kier molecular flexibility index (Phi) is 4.87. The first-order valence-corrected chi connectivity index (χ1v) is 8.48. The number of rotatable bonds is 4. The molecule has 2 saturated heterocycles. The fraction of sp³-hybridized carbons (Fsp3) is 0.611. The van der Waals surface area contributed by atoms with Crippen LogP contribution in [0, 0.1) is 0 Å². The Balaban J connectivity index is 1.67. The van der Waals surface area contributed by atoms with Gasteiger partial charge in [-0.15, -0.1) is 0 Å². The Bertz CT molecular complexity index is 553. The summed E-state index contributed by atoms with van der Waals surface area (Å²) >= 11 is 0.